The third kappa shape index (κ3) is 3.65. The molecule has 148 valence electrons. The van der Waals surface area contributed by atoms with Crippen LogP contribution < -0.4 is 9.62 Å². The van der Waals surface area contributed by atoms with Crippen molar-refractivity contribution >= 4 is 27.3 Å². The highest BCUT2D eigenvalue weighted by Gasteiger charge is 2.30. The minimum Gasteiger partial charge on any atom is -0.326 e. The molecular formula is C22H26N2O3S. The van der Waals surface area contributed by atoms with E-state index in [-0.39, 0.29) is 11.8 Å². The van der Waals surface area contributed by atoms with E-state index in [2.05, 4.69) is 5.32 Å². The molecule has 1 amide bonds. The number of amides is 1. The Hall–Kier alpha value is -2.34. The highest BCUT2D eigenvalue weighted by atomic mass is 32.2. The lowest BCUT2D eigenvalue weighted by atomic mass is 10.0. The maximum Gasteiger partial charge on any atom is 0.264 e. The van der Waals surface area contributed by atoms with Gasteiger partial charge in [0.25, 0.3) is 10.0 Å². The molecular weight excluding hydrogens is 372 g/mol. The van der Waals surface area contributed by atoms with Gasteiger partial charge in [-0.3, -0.25) is 9.10 Å². The molecule has 0 bridgehead atoms. The van der Waals surface area contributed by atoms with Crippen LogP contribution >= 0.6 is 0 Å². The summed E-state index contributed by atoms with van der Waals surface area (Å²) in [5.41, 5.74) is 3.37. The number of sulfonamides is 1. The molecule has 0 radical (unpaired) electrons. The summed E-state index contributed by atoms with van der Waals surface area (Å²) in [6.45, 7) is 2.38. The number of carbonyl (C=O) groups is 1. The molecule has 2 aliphatic rings. The van der Waals surface area contributed by atoms with E-state index >= 15 is 0 Å². The van der Waals surface area contributed by atoms with Crippen LogP contribution in [0.2, 0.25) is 0 Å². The molecule has 1 aliphatic heterocycles. The lowest BCUT2D eigenvalue weighted by Gasteiger charge is -2.31. The van der Waals surface area contributed by atoms with Gasteiger partial charge in [0, 0.05) is 18.2 Å². The van der Waals surface area contributed by atoms with Crippen LogP contribution in [0, 0.1) is 12.8 Å². The standard InChI is InChI=1S/C22H26N2O3S/c1-16-8-12-20(13-9-16)28(26,27)24-14-4-7-17-10-11-19(15-21(17)24)23-22(25)18-5-2-3-6-18/h8-13,15,18H,2-7,14H2,1H3,(H,23,25). The predicted octanol–water partition coefficient (Wildman–Crippen LogP) is 4.27. The monoisotopic (exact) mass is 398 g/mol. The number of anilines is 2. The van der Waals surface area contributed by atoms with Crippen molar-refractivity contribution in [1.82, 2.24) is 0 Å². The smallest absolute Gasteiger partial charge is 0.264 e. The Balaban J connectivity index is 1.64. The van der Waals surface area contributed by atoms with E-state index in [1.165, 1.54) is 4.31 Å². The van der Waals surface area contributed by atoms with Crippen LogP contribution in [0.15, 0.2) is 47.4 Å². The summed E-state index contributed by atoms with van der Waals surface area (Å²) in [6, 6.07) is 12.6. The van der Waals surface area contributed by atoms with E-state index in [1.807, 2.05) is 37.3 Å². The first-order chi connectivity index (χ1) is 13.4. The summed E-state index contributed by atoms with van der Waals surface area (Å²) in [5, 5.41) is 2.99. The molecule has 0 aromatic heterocycles. The molecule has 2 aromatic carbocycles. The molecule has 0 saturated heterocycles. The summed E-state index contributed by atoms with van der Waals surface area (Å²) >= 11 is 0. The Bertz CT molecular complexity index is 977. The van der Waals surface area contributed by atoms with Gasteiger partial charge in [-0.1, -0.05) is 36.6 Å². The molecule has 2 aromatic rings. The third-order valence-corrected chi connectivity index (χ3v) is 7.59. The van der Waals surface area contributed by atoms with Crippen molar-refractivity contribution in [2.24, 2.45) is 5.92 Å². The van der Waals surface area contributed by atoms with E-state index in [0.29, 0.717) is 22.8 Å². The minimum atomic E-state index is -3.63. The zero-order valence-corrected chi connectivity index (χ0v) is 17.0. The number of rotatable bonds is 4. The van der Waals surface area contributed by atoms with Crippen molar-refractivity contribution in [3.63, 3.8) is 0 Å². The molecule has 0 atom stereocenters. The number of hydrogen-bond donors (Lipinski definition) is 1. The van der Waals surface area contributed by atoms with Crippen molar-refractivity contribution < 1.29 is 13.2 Å². The van der Waals surface area contributed by atoms with Gasteiger partial charge in [-0.05, 0) is 62.4 Å². The van der Waals surface area contributed by atoms with E-state index in [4.69, 9.17) is 0 Å². The first-order valence-corrected chi connectivity index (χ1v) is 11.4. The van der Waals surface area contributed by atoms with Crippen molar-refractivity contribution in [1.29, 1.82) is 0 Å². The normalized spacial score (nSPS) is 17.4. The summed E-state index contributed by atoms with van der Waals surface area (Å²) in [7, 11) is -3.63. The predicted molar refractivity (Wildman–Crippen MR) is 111 cm³/mol. The Morgan fingerprint density at radius 1 is 1.04 bits per heavy atom. The third-order valence-electron chi connectivity index (χ3n) is 5.76. The highest BCUT2D eigenvalue weighted by molar-refractivity contribution is 7.92. The van der Waals surface area contributed by atoms with Gasteiger partial charge in [0.1, 0.15) is 0 Å². The van der Waals surface area contributed by atoms with Crippen LogP contribution in [-0.4, -0.2) is 20.9 Å². The molecule has 1 N–H and O–H groups in total. The largest absolute Gasteiger partial charge is 0.326 e. The Kier molecular flexibility index (Phi) is 5.15. The van der Waals surface area contributed by atoms with Gasteiger partial charge in [0.05, 0.1) is 10.6 Å². The molecule has 1 saturated carbocycles. The Morgan fingerprint density at radius 2 is 1.75 bits per heavy atom. The summed E-state index contributed by atoms with van der Waals surface area (Å²) in [5.74, 6) is 0.115. The molecule has 0 spiro atoms. The molecule has 5 nitrogen and oxygen atoms in total. The number of aryl methyl sites for hydroxylation is 2. The van der Waals surface area contributed by atoms with Gasteiger partial charge in [0.15, 0.2) is 0 Å². The molecule has 28 heavy (non-hydrogen) atoms. The number of fused-ring (bicyclic) bond motifs is 1. The number of nitrogens with one attached hydrogen (secondary N) is 1. The van der Waals surface area contributed by atoms with Crippen LogP contribution in [0.3, 0.4) is 0 Å². The van der Waals surface area contributed by atoms with E-state index < -0.39 is 10.0 Å². The second kappa shape index (κ2) is 7.59. The van der Waals surface area contributed by atoms with Crippen LogP contribution in [0.1, 0.15) is 43.2 Å². The summed E-state index contributed by atoms with van der Waals surface area (Å²) < 4.78 is 28.0. The average Bonchev–Trinajstić information content (AvgIpc) is 3.23. The number of hydrogen-bond acceptors (Lipinski definition) is 3. The number of carbonyl (C=O) groups excluding carboxylic acids is 1. The maximum absolute atomic E-state index is 13.2. The van der Waals surface area contributed by atoms with Crippen LogP contribution in [0.25, 0.3) is 0 Å². The quantitative estimate of drug-likeness (QED) is 0.837. The molecule has 4 rings (SSSR count). The second-order valence-electron chi connectivity index (χ2n) is 7.81. The first-order valence-electron chi connectivity index (χ1n) is 9.98. The average molecular weight is 399 g/mol. The molecule has 1 fully saturated rings. The van der Waals surface area contributed by atoms with Crippen molar-refractivity contribution in [2.45, 2.75) is 50.3 Å². The molecule has 0 unspecified atom stereocenters. The fourth-order valence-electron chi connectivity index (χ4n) is 4.14. The van der Waals surface area contributed by atoms with Gasteiger partial charge in [-0.2, -0.15) is 0 Å². The van der Waals surface area contributed by atoms with Crippen molar-refractivity contribution in [2.75, 3.05) is 16.2 Å². The summed E-state index contributed by atoms with van der Waals surface area (Å²) in [4.78, 5) is 12.8. The number of benzene rings is 2. The van der Waals surface area contributed by atoms with Gasteiger partial charge in [-0.15, -0.1) is 0 Å². The van der Waals surface area contributed by atoms with Crippen LogP contribution in [0.5, 0.6) is 0 Å². The fraction of sp³-hybridized carbons (Fsp3) is 0.409. The summed E-state index contributed by atoms with van der Waals surface area (Å²) in [6.07, 6.45) is 5.70. The zero-order valence-electron chi connectivity index (χ0n) is 16.1. The fourth-order valence-corrected chi connectivity index (χ4v) is 5.67. The van der Waals surface area contributed by atoms with Gasteiger partial charge in [-0.25, -0.2) is 8.42 Å². The Morgan fingerprint density at radius 3 is 2.46 bits per heavy atom. The topological polar surface area (TPSA) is 66.5 Å². The SMILES string of the molecule is Cc1ccc(S(=O)(=O)N2CCCc3ccc(NC(=O)C4CCCC4)cc32)cc1. The van der Waals surface area contributed by atoms with Crippen molar-refractivity contribution in [3.8, 4) is 0 Å². The first kappa shape index (κ1) is 19.0. The molecule has 1 heterocycles. The molecule has 1 aliphatic carbocycles. The second-order valence-corrected chi connectivity index (χ2v) is 9.67. The van der Waals surface area contributed by atoms with Gasteiger partial charge in [0.2, 0.25) is 5.91 Å². The zero-order chi connectivity index (χ0) is 19.7. The lowest BCUT2D eigenvalue weighted by Crippen LogP contribution is -2.35. The van der Waals surface area contributed by atoms with Gasteiger partial charge < -0.3 is 5.32 Å². The molecule has 6 heteroatoms. The van der Waals surface area contributed by atoms with E-state index in [9.17, 15) is 13.2 Å². The highest BCUT2D eigenvalue weighted by Crippen LogP contribution is 2.35. The van der Waals surface area contributed by atoms with Crippen LogP contribution in [0.4, 0.5) is 11.4 Å². The van der Waals surface area contributed by atoms with Crippen molar-refractivity contribution in [3.05, 3.63) is 53.6 Å². The number of nitrogens with zero attached hydrogens (tertiary/aromatic N) is 1. The van der Waals surface area contributed by atoms with E-state index in [1.54, 1.807) is 12.1 Å². The lowest BCUT2D eigenvalue weighted by molar-refractivity contribution is -0.119. The van der Waals surface area contributed by atoms with Gasteiger partial charge >= 0.3 is 0 Å². The Labute approximate surface area is 166 Å². The van der Waals surface area contributed by atoms with E-state index in [0.717, 1.165) is 49.7 Å². The van der Waals surface area contributed by atoms with Crippen LogP contribution in [-0.2, 0) is 21.2 Å². The minimum absolute atomic E-state index is 0.0428. The maximum atomic E-state index is 13.2.